The van der Waals surface area contributed by atoms with Crippen molar-refractivity contribution in [1.82, 2.24) is 4.98 Å². The second-order valence-electron chi connectivity index (χ2n) is 5.09. The Labute approximate surface area is 132 Å². The fourth-order valence-electron chi connectivity index (χ4n) is 2.55. The van der Waals surface area contributed by atoms with E-state index in [1.165, 1.54) is 5.39 Å². The number of benzene rings is 2. The van der Waals surface area contributed by atoms with E-state index >= 15 is 0 Å². The van der Waals surface area contributed by atoms with Gasteiger partial charge in [-0.2, -0.15) is 0 Å². The van der Waals surface area contributed by atoms with Crippen LogP contribution in [0.5, 0.6) is 5.75 Å². The van der Waals surface area contributed by atoms with Gasteiger partial charge < -0.3 is 15.4 Å². The fraction of sp³-hybridized carbons (Fsp3) is 0.176. The Balaban J connectivity index is 1.91. The number of hydrogen-bond acceptors (Lipinski definition) is 2. The van der Waals surface area contributed by atoms with Crippen LogP contribution < -0.4 is 5.32 Å². The number of phenols is 1. The van der Waals surface area contributed by atoms with Crippen molar-refractivity contribution in [1.29, 1.82) is 0 Å². The van der Waals surface area contributed by atoms with Crippen LogP contribution in [0.3, 0.4) is 0 Å². The minimum atomic E-state index is 0.0684. The average molecular weight is 345 g/mol. The highest BCUT2D eigenvalue weighted by molar-refractivity contribution is 9.10. The van der Waals surface area contributed by atoms with Crippen LogP contribution in [0, 0.1) is 0 Å². The summed E-state index contributed by atoms with van der Waals surface area (Å²) in [5.41, 5.74) is 3.08. The van der Waals surface area contributed by atoms with Gasteiger partial charge >= 0.3 is 0 Å². The molecule has 3 N–H and O–H groups in total. The predicted octanol–water partition coefficient (Wildman–Crippen LogP) is 5.20. The van der Waals surface area contributed by atoms with Gasteiger partial charge in [-0.3, -0.25) is 0 Å². The van der Waals surface area contributed by atoms with Gasteiger partial charge in [0.15, 0.2) is 0 Å². The summed E-state index contributed by atoms with van der Waals surface area (Å²) >= 11 is 3.46. The van der Waals surface area contributed by atoms with Crippen molar-refractivity contribution >= 4 is 32.5 Å². The van der Waals surface area contributed by atoms with E-state index in [0.717, 1.165) is 27.7 Å². The SMILES string of the molecule is CCC(Nc1ccc2[nH]ccc2c1)c1cc(Br)ccc1O. The number of rotatable bonds is 4. The molecule has 3 aromatic rings. The van der Waals surface area contributed by atoms with Crippen LogP contribution in [-0.2, 0) is 0 Å². The smallest absolute Gasteiger partial charge is 0.120 e. The molecule has 1 unspecified atom stereocenters. The summed E-state index contributed by atoms with van der Waals surface area (Å²) < 4.78 is 0.969. The zero-order chi connectivity index (χ0) is 14.8. The lowest BCUT2D eigenvalue weighted by atomic mass is 10.0. The molecule has 4 heteroatoms. The van der Waals surface area contributed by atoms with Gasteiger partial charge in [0.1, 0.15) is 5.75 Å². The second-order valence-corrected chi connectivity index (χ2v) is 6.00. The molecular weight excluding hydrogens is 328 g/mol. The normalized spacial score (nSPS) is 12.5. The van der Waals surface area contributed by atoms with Crippen LogP contribution in [0.4, 0.5) is 5.69 Å². The first kappa shape index (κ1) is 14.0. The summed E-state index contributed by atoms with van der Waals surface area (Å²) in [4.78, 5) is 3.19. The highest BCUT2D eigenvalue weighted by atomic mass is 79.9. The fourth-order valence-corrected chi connectivity index (χ4v) is 2.93. The summed E-state index contributed by atoms with van der Waals surface area (Å²) in [5.74, 6) is 0.320. The maximum Gasteiger partial charge on any atom is 0.120 e. The number of nitrogens with one attached hydrogen (secondary N) is 2. The molecule has 2 aromatic carbocycles. The minimum absolute atomic E-state index is 0.0684. The number of H-pyrrole nitrogens is 1. The molecule has 1 atom stereocenters. The number of halogens is 1. The third-order valence-electron chi connectivity index (χ3n) is 3.67. The maximum absolute atomic E-state index is 10.1. The van der Waals surface area contributed by atoms with Crippen LogP contribution in [0.25, 0.3) is 10.9 Å². The van der Waals surface area contributed by atoms with Crippen molar-refractivity contribution in [2.24, 2.45) is 0 Å². The molecule has 0 amide bonds. The predicted molar refractivity (Wildman–Crippen MR) is 90.8 cm³/mol. The Morgan fingerprint density at radius 2 is 2.05 bits per heavy atom. The molecule has 0 aliphatic carbocycles. The highest BCUT2D eigenvalue weighted by Crippen LogP contribution is 2.32. The first-order chi connectivity index (χ1) is 10.2. The Kier molecular flexibility index (Phi) is 3.88. The quantitative estimate of drug-likeness (QED) is 0.609. The largest absolute Gasteiger partial charge is 0.508 e. The minimum Gasteiger partial charge on any atom is -0.508 e. The number of aromatic amines is 1. The lowest BCUT2D eigenvalue weighted by Gasteiger charge is -2.20. The number of aromatic nitrogens is 1. The van der Waals surface area contributed by atoms with E-state index < -0.39 is 0 Å². The molecule has 0 saturated heterocycles. The molecule has 3 rings (SSSR count). The number of fused-ring (bicyclic) bond motifs is 1. The van der Waals surface area contributed by atoms with Crippen molar-refractivity contribution < 1.29 is 5.11 Å². The Morgan fingerprint density at radius 1 is 1.19 bits per heavy atom. The first-order valence-electron chi connectivity index (χ1n) is 6.99. The van der Waals surface area contributed by atoms with E-state index in [4.69, 9.17) is 0 Å². The third-order valence-corrected chi connectivity index (χ3v) is 4.16. The van der Waals surface area contributed by atoms with Crippen LogP contribution in [-0.4, -0.2) is 10.1 Å². The summed E-state index contributed by atoms with van der Waals surface area (Å²) in [6.07, 6.45) is 2.82. The van der Waals surface area contributed by atoms with Crippen molar-refractivity contribution in [3.05, 3.63) is 58.7 Å². The van der Waals surface area contributed by atoms with Gasteiger partial charge in [0.2, 0.25) is 0 Å². The standard InChI is InChI=1S/C17H17BrN2O/c1-2-15(14-10-12(18)3-6-17(14)21)20-13-4-5-16-11(9-13)7-8-19-16/h3-10,15,19-21H,2H2,1H3. The van der Waals surface area contributed by atoms with E-state index in [1.54, 1.807) is 6.07 Å². The summed E-state index contributed by atoms with van der Waals surface area (Å²) in [6.45, 7) is 2.10. The monoisotopic (exact) mass is 344 g/mol. The molecule has 1 aromatic heterocycles. The summed E-state index contributed by atoms with van der Waals surface area (Å²) in [7, 11) is 0. The van der Waals surface area contributed by atoms with Gasteiger partial charge in [-0.25, -0.2) is 0 Å². The molecule has 0 fully saturated rings. The van der Waals surface area contributed by atoms with Crippen LogP contribution >= 0.6 is 15.9 Å². The Morgan fingerprint density at radius 3 is 2.86 bits per heavy atom. The van der Waals surface area contributed by atoms with Crippen LogP contribution in [0.15, 0.2) is 53.1 Å². The number of anilines is 1. The molecule has 0 radical (unpaired) electrons. The summed E-state index contributed by atoms with van der Waals surface area (Å²) in [6, 6.07) is 13.9. The van der Waals surface area contributed by atoms with E-state index in [1.807, 2.05) is 18.3 Å². The molecule has 1 heterocycles. The molecule has 0 saturated carbocycles. The molecule has 0 aliphatic rings. The van der Waals surface area contributed by atoms with E-state index in [-0.39, 0.29) is 6.04 Å². The van der Waals surface area contributed by atoms with Gasteiger partial charge in [-0.1, -0.05) is 22.9 Å². The summed E-state index contributed by atoms with van der Waals surface area (Å²) in [5, 5.41) is 14.8. The zero-order valence-corrected chi connectivity index (χ0v) is 13.3. The van der Waals surface area contributed by atoms with Crippen molar-refractivity contribution in [2.75, 3.05) is 5.32 Å². The van der Waals surface area contributed by atoms with E-state index in [2.05, 4.69) is 57.4 Å². The van der Waals surface area contributed by atoms with Crippen molar-refractivity contribution in [2.45, 2.75) is 19.4 Å². The maximum atomic E-state index is 10.1. The van der Waals surface area contributed by atoms with Crippen molar-refractivity contribution in [3.8, 4) is 5.75 Å². The second kappa shape index (κ2) is 5.82. The molecule has 0 spiro atoms. The molecule has 21 heavy (non-hydrogen) atoms. The molecule has 3 nitrogen and oxygen atoms in total. The van der Waals surface area contributed by atoms with Gasteiger partial charge in [0, 0.05) is 32.8 Å². The Hall–Kier alpha value is -1.94. The topological polar surface area (TPSA) is 48.0 Å². The highest BCUT2D eigenvalue weighted by Gasteiger charge is 2.14. The van der Waals surface area contributed by atoms with Gasteiger partial charge in [-0.05, 0) is 48.9 Å². The van der Waals surface area contributed by atoms with Gasteiger partial charge in [0.25, 0.3) is 0 Å². The Bertz CT molecular complexity index is 766. The van der Waals surface area contributed by atoms with E-state index in [9.17, 15) is 5.11 Å². The third kappa shape index (κ3) is 2.90. The first-order valence-corrected chi connectivity index (χ1v) is 7.79. The van der Waals surface area contributed by atoms with Crippen LogP contribution in [0.1, 0.15) is 24.9 Å². The average Bonchev–Trinajstić information content (AvgIpc) is 2.95. The number of hydrogen-bond donors (Lipinski definition) is 3. The lowest BCUT2D eigenvalue weighted by Crippen LogP contribution is -2.09. The molecule has 108 valence electrons. The van der Waals surface area contributed by atoms with Crippen molar-refractivity contribution in [3.63, 3.8) is 0 Å². The molecule has 0 bridgehead atoms. The molecular formula is C17H17BrN2O. The van der Waals surface area contributed by atoms with Crippen LogP contribution in [0.2, 0.25) is 0 Å². The van der Waals surface area contributed by atoms with Gasteiger partial charge in [-0.15, -0.1) is 0 Å². The van der Waals surface area contributed by atoms with E-state index in [0.29, 0.717) is 5.75 Å². The number of aromatic hydroxyl groups is 1. The van der Waals surface area contributed by atoms with Gasteiger partial charge in [0.05, 0.1) is 6.04 Å². The zero-order valence-electron chi connectivity index (χ0n) is 11.7. The lowest BCUT2D eigenvalue weighted by molar-refractivity contribution is 0.462. The number of phenolic OH excluding ortho intramolecular Hbond substituents is 1. The molecule has 0 aliphatic heterocycles.